The number of nitrogens with zero attached hydrogens (tertiary/aromatic N) is 4. The third kappa shape index (κ3) is 5.88. The van der Waals surface area contributed by atoms with Crippen molar-refractivity contribution in [2.75, 3.05) is 11.1 Å². The van der Waals surface area contributed by atoms with Crippen LogP contribution in [0.2, 0.25) is 10.0 Å². The van der Waals surface area contributed by atoms with Crippen molar-refractivity contribution < 1.29 is 4.79 Å². The maximum Gasteiger partial charge on any atom is 0.236 e. The highest BCUT2D eigenvalue weighted by Gasteiger charge is 2.19. The molecule has 2 aromatic heterocycles. The fourth-order valence-electron chi connectivity index (χ4n) is 3.78. The number of hydrogen-bond donors (Lipinski definition) is 1. The van der Waals surface area contributed by atoms with E-state index in [0.29, 0.717) is 26.8 Å². The quantitative estimate of drug-likeness (QED) is 0.199. The number of thiazole rings is 1. The minimum atomic E-state index is -0.178. The second-order valence-electron chi connectivity index (χ2n) is 8.14. The lowest BCUT2D eigenvalue weighted by Gasteiger charge is -2.12. The van der Waals surface area contributed by atoms with Crippen LogP contribution in [-0.4, -0.2) is 31.4 Å². The molecular weight excluding hydrogens is 545 g/mol. The van der Waals surface area contributed by atoms with Gasteiger partial charge < -0.3 is 5.32 Å². The Morgan fingerprint density at radius 1 is 0.973 bits per heavy atom. The summed E-state index contributed by atoms with van der Waals surface area (Å²) in [5, 5.41) is 14.1. The molecule has 0 spiro atoms. The zero-order chi connectivity index (χ0) is 25.8. The summed E-state index contributed by atoms with van der Waals surface area (Å²) in [6.45, 7) is 2.04. The SMILES string of the molecule is Cc1ccccc1-n1c(SCC(=O)Nc2ncc(Cc3c(Cl)cccc3Cl)s2)nnc1-c1ccccc1. The molecule has 0 fully saturated rings. The number of thioether (sulfide) groups is 1. The Bertz CT molecular complexity index is 1530. The van der Waals surface area contributed by atoms with Crippen molar-refractivity contribution in [1.29, 1.82) is 0 Å². The van der Waals surface area contributed by atoms with Crippen LogP contribution in [0.1, 0.15) is 16.0 Å². The molecule has 3 aromatic carbocycles. The number of halogens is 2. The largest absolute Gasteiger partial charge is 0.301 e. The van der Waals surface area contributed by atoms with E-state index in [1.165, 1.54) is 23.1 Å². The molecule has 0 bridgehead atoms. The van der Waals surface area contributed by atoms with Gasteiger partial charge in [0, 0.05) is 33.1 Å². The fourth-order valence-corrected chi connectivity index (χ4v) is 5.89. The first kappa shape index (κ1) is 25.5. The van der Waals surface area contributed by atoms with Crippen LogP contribution in [0, 0.1) is 6.92 Å². The molecule has 37 heavy (non-hydrogen) atoms. The summed E-state index contributed by atoms with van der Waals surface area (Å²) in [6, 6.07) is 23.4. The van der Waals surface area contributed by atoms with Gasteiger partial charge >= 0.3 is 0 Å². The first-order chi connectivity index (χ1) is 18.0. The number of para-hydroxylation sites is 1. The van der Waals surface area contributed by atoms with Gasteiger partial charge in [0.2, 0.25) is 5.91 Å². The van der Waals surface area contributed by atoms with Crippen LogP contribution in [0.25, 0.3) is 17.1 Å². The van der Waals surface area contributed by atoms with E-state index < -0.39 is 0 Å². The molecule has 0 saturated heterocycles. The van der Waals surface area contributed by atoms with Crippen molar-refractivity contribution >= 4 is 57.3 Å². The van der Waals surface area contributed by atoms with E-state index in [1.807, 2.05) is 84.3 Å². The summed E-state index contributed by atoms with van der Waals surface area (Å²) in [7, 11) is 0. The van der Waals surface area contributed by atoms with Crippen molar-refractivity contribution in [1.82, 2.24) is 19.7 Å². The fraction of sp³-hybridized carbons (Fsp3) is 0.111. The lowest BCUT2D eigenvalue weighted by molar-refractivity contribution is -0.113. The number of nitrogens with one attached hydrogen (secondary N) is 1. The Kier molecular flexibility index (Phi) is 7.90. The Labute approximate surface area is 232 Å². The van der Waals surface area contributed by atoms with Crippen LogP contribution in [0.4, 0.5) is 5.13 Å². The van der Waals surface area contributed by atoms with E-state index in [4.69, 9.17) is 23.2 Å². The second kappa shape index (κ2) is 11.5. The highest BCUT2D eigenvalue weighted by atomic mass is 35.5. The summed E-state index contributed by atoms with van der Waals surface area (Å²) in [4.78, 5) is 18.1. The van der Waals surface area contributed by atoms with Gasteiger partial charge in [-0.3, -0.25) is 9.36 Å². The van der Waals surface area contributed by atoms with Gasteiger partial charge in [-0.05, 0) is 36.2 Å². The van der Waals surface area contributed by atoms with Gasteiger partial charge in [0.15, 0.2) is 16.1 Å². The van der Waals surface area contributed by atoms with Crippen LogP contribution in [0.3, 0.4) is 0 Å². The van der Waals surface area contributed by atoms with Gasteiger partial charge in [-0.1, -0.05) is 89.6 Å². The molecule has 6 nitrogen and oxygen atoms in total. The average Bonchev–Trinajstić information content (AvgIpc) is 3.52. The van der Waals surface area contributed by atoms with Gasteiger partial charge in [-0.2, -0.15) is 0 Å². The maximum atomic E-state index is 12.8. The number of aryl methyl sites for hydroxylation is 1. The number of carbonyl (C=O) groups excluding carboxylic acids is 1. The molecule has 2 heterocycles. The molecule has 0 aliphatic carbocycles. The first-order valence-electron chi connectivity index (χ1n) is 11.4. The van der Waals surface area contributed by atoms with Gasteiger partial charge in [0.25, 0.3) is 0 Å². The van der Waals surface area contributed by atoms with Crippen molar-refractivity contribution in [2.24, 2.45) is 0 Å². The topological polar surface area (TPSA) is 72.7 Å². The first-order valence-corrected chi connectivity index (χ1v) is 13.9. The molecule has 0 radical (unpaired) electrons. The third-order valence-electron chi connectivity index (χ3n) is 5.57. The highest BCUT2D eigenvalue weighted by molar-refractivity contribution is 7.99. The lowest BCUT2D eigenvalue weighted by Crippen LogP contribution is -2.14. The van der Waals surface area contributed by atoms with Crippen LogP contribution in [0.15, 0.2) is 84.1 Å². The van der Waals surface area contributed by atoms with E-state index in [-0.39, 0.29) is 11.7 Å². The van der Waals surface area contributed by atoms with Crippen molar-refractivity contribution in [3.05, 3.63) is 105 Å². The number of anilines is 1. The number of carbonyl (C=O) groups is 1. The molecule has 0 atom stereocenters. The molecule has 5 aromatic rings. The van der Waals surface area contributed by atoms with E-state index in [0.717, 1.165) is 33.1 Å². The van der Waals surface area contributed by atoms with Gasteiger partial charge in [-0.25, -0.2) is 4.98 Å². The summed E-state index contributed by atoms with van der Waals surface area (Å²) in [5.41, 5.74) is 3.84. The van der Waals surface area contributed by atoms with Crippen LogP contribution in [-0.2, 0) is 11.2 Å². The Balaban J connectivity index is 1.30. The zero-order valence-electron chi connectivity index (χ0n) is 19.7. The van der Waals surface area contributed by atoms with Gasteiger partial charge in [0.1, 0.15) is 0 Å². The summed E-state index contributed by atoms with van der Waals surface area (Å²) < 4.78 is 2.00. The summed E-state index contributed by atoms with van der Waals surface area (Å²) in [5.74, 6) is 0.701. The molecule has 0 aliphatic heterocycles. The minimum Gasteiger partial charge on any atom is -0.301 e. The highest BCUT2D eigenvalue weighted by Crippen LogP contribution is 2.31. The predicted molar refractivity (Wildman–Crippen MR) is 152 cm³/mol. The number of amides is 1. The van der Waals surface area contributed by atoms with Crippen LogP contribution >= 0.6 is 46.3 Å². The Hall–Kier alpha value is -3.17. The predicted octanol–water partition coefficient (Wildman–Crippen LogP) is 7.33. The minimum absolute atomic E-state index is 0.157. The standard InChI is InChI=1S/C27H21Cl2N5OS2/c1-17-8-5-6-13-23(17)34-25(18-9-3-2-4-10-18)32-33-27(34)36-16-24(35)31-26-30-15-19(37-26)14-20-21(28)11-7-12-22(20)29/h2-13,15H,14,16H2,1H3,(H,30,31,35). The maximum absolute atomic E-state index is 12.8. The van der Waals surface area contributed by atoms with E-state index in [2.05, 4.69) is 20.5 Å². The molecule has 0 aliphatic rings. The van der Waals surface area contributed by atoms with E-state index >= 15 is 0 Å². The number of rotatable bonds is 8. The Morgan fingerprint density at radius 3 is 2.46 bits per heavy atom. The van der Waals surface area contributed by atoms with Crippen molar-refractivity contribution in [3.8, 4) is 17.1 Å². The van der Waals surface area contributed by atoms with Crippen LogP contribution < -0.4 is 5.32 Å². The smallest absolute Gasteiger partial charge is 0.236 e. The lowest BCUT2D eigenvalue weighted by atomic mass is 10.1. The second-order valence-corrected chi connectivity index (χ2v) is 11.0. The van der Waals surface area contributed by atoms with E-state index in [9.17, 15) is 4.79 Å². The molecular formula is C27H21Cl2N5OS2. The van der Waals surface area contributed by atoms with Gasteiger partial charge in [-0.15, -0.1) is 21.5 Å². The Morgan fingerprint density at radius 2 is 1.70 bits per heavy atom. The van der Waals surface area contributed by atoms with Gasteiger partial charge in [0.05, 0.1) is 11.4 Å². The van der Waals surface area contributed by atoms with Crippen LogP contribution in [0.5, 0.6) is 0 Å². The summed E-state index contributed by atoms with van der Waals surface area (Å²) in [6.07, 6.45) is 2.27. The van der Waals surface area contributed by atoms with Crippen molar-refractivity contribution in [2.45, 2.75) is 18.5 Å². The monoisotopic (exact) mass is 565 g/mol. The molecule has 10 heteroatoms. The zero-order valence-corrected chi connectivity index (χ0v) is 22.8. The molecule has 0 saturated carbocycles. The molecule has 0 unspecified atom stereocenters. The molecule has 1 N–H and O–H groups in total. The molecule has 186 valence electrons. The number of aromatic nitrogens is 4. The summed E-state index contributed by atoms with van der Waals surface area (Å²) >= 11 is 15.3. The number of benzene rings is 3. The molecule has 5 rings (SSSR count). The average molecular weight is 567 g/mol. The number of hydrogen-bond acceptors (Lipinski definition) is 6. The molecule has 1 amide bonds. The normalized spacial score (nSPS) is 11.0. The van der Waals surface area contributed by atoms with Crippen molar-refractivity contribution in [3.63, 3.8) is 0 Å². The third-order valence-corrected chi connectivity index (χ3v) is 8.12. The van der Waals surface area contributed by atoms with E-state index in [1.54, 1.807) is 6.20 Å².